The molecule has 0 spiro atoms. The van der Waals surface area contributed by atoms with Gasteiger partial charge in [-0.1, -0.05) is 54.6 Å². The number of aliphatic carboxylic acids is 2. The number of fused-ring (bicyclic) bond motifs is 1. The first kappa shape index (κ1) is 32.1. The molecule has 15 heteroatoms. The number of halogens is 6. The zero-order valence-electron chi connectivity index (χ0n) is 22.3. The summed E-state index contributed by atoms with van der Waals surface area (Å²) in [5, 5.41) is 19.2. The summed E-state index contributed by atoms with van der Waals surface area (Å²) in [6, 6.07) is 15.6. The third kappa shape index (κ3) is 6.72. The molecule has 8 nitrogen and oxygen atoms in total. The number of nitrogens with zero attached hydrogens (tertiary/aromatic N) is 2. The van der Waals surface area contributed by atoms with Gasteiger partial charge in [0.05, 0.1) is 21.7 Å². The number of anilines is 2. The maximum absolute atomic E-state index is 13.8. The van der Waals surface area contributed by atoms with E-state index in [4.69, 9.17) is 0 Å². The number of rotatable bonds is 10. The molecule has 0 aliphatic rings. The van der Waals surface area contributed by atoms with E-state index in [1.807, 2.05) is 0 Å². The molecule has 0 heterocycles. The molecule has 0 atom stereocenters. The SMILES string of the molecule is O=C(O)CN(Cc1ccccc1C(F)(F)F)c1ccc(N(CC(=O)O)S(=O)(=O)c2ccccc2C(F)(F)F)c2ccccc12. The minimum Gasteiger partial charge on any atom is -0.480 e. The first-order valence-corrected chi connectivity index (χ1v) is 14.0. The van der Waals surface area contributed by atoms with Crippen LogP contribution in [0.5, 0.6) is 0 Å². The van der Waals surface area contributed by atoms with Crippen LogP contribution in [-0.2, 0) is 38.5 Å². The maximum Gasteiger partial charge on any atom is 0.417 e. The van der Waals surface area contributed by atoms with Crippen LogP contribution in [0.2, 0.25) is 0 Å². The average molecular weight is 641 g/mol. The van der Waals surface area contributed by atoms with Crippen LogP contribution < -0.4 is 9.21 Å². The summed E-state index contributed by atoms with van der Waals surface area (Å²) in [7, 11) is -5.18. The van der Waals surface area contributed by atoms with Gasteiger partial charge in [0.1, 0.15) is 13.1 Å². The summed E-state index contributed by atoms with van der Waals surface area (Å²) in [6.45, 7) is -2.61. The van der Waals surface area contributed by atoms with Crippen LogP contribution in [0.15, 0.2) is 89.8 Å². The van der Waals surface area contributed by atoms with Gasteiger partial charge < -0.3 is 15.1 Å². The van der Waals surface area contributed by atoms with Crippen molar-refractivity contribution in [2.24, 2.45) is 0 Å². The molecule has 0 amide bonds. The number of carboxylic acids is 2. The fraction of sp³-hybridized carbons (Fsp3) is 0.172. The smallest absolute Gasteiger partial charge is 0.417 e. The van der Waals surface area contributed by atoms with Gasteiger partial charge in [0, 0.05) is 23.0 Å². The second kappa shape index (κ2) is 12.1. The normalized spacial score (nSPS) is 12.2. The van der Waals surface area contributed by atoms with Crippen LogP contribution in [0.4, 0.5) is 37.7 Å². The number of benzene rings is 4. The van der Waals surface area contributed by atoms with E-state index in [0.717, 1.165) is 29.2 Å². The lowest BCUT2D eigenvalue weighted by atomic mass is 10.0. The van der Waals surface area contributed by atoms with Gasteiger partial charge in [-0.3, -0.25) is 13.9 Å². The molecule has 4 rings (SSSR count). The third-order valence-corrected chi connectivity index (χ3v) is 8.35. The van der Waals surface area contributed by atoms with Gasteiger partial charge >= 0.3 is 24.3 Å². The van der Waals surface area contributed by atoms with Crippen LogP contribution >= 0.6 is 0 Å². The Morgan fingerprint density at radius 2 is 1.11 bits per heavy atom. The highest BCUT2D eigenvalue weighted by molar-refractivity contribution is 7.93. The lowest BCUT2D eigenvalue weighted by Crippen LogP contribution is -2.37. The van der Waals surface area contributed by atoms with Crippen LogP contribution in [0.1, 0.15) is 16.7 Å². The van der Waals surface area contributed by atoms with Crippen molar-refractivity contribution < 1.29 is 54.6 Å². The third-order valence-electron chi connectivity index (χ3n) is 6.54. The molecule has 0 aliphatic carbocycles. The van der Waals surface area contributed by atoms with Crippen molar-refractivity contribution in [2.45, 2.75) is 23.8 Å². The first-order chi connectivity index (χ1) is 20.5. The van der Waals surface area contributed by atoms with E-state index in [1.54, 1.807) is 0 Å². The van der Waals surface area contributed by atoms with Crippen molar-refractivity contribution in [3.8, 4) is 0 Å². The van der Waals surface area contributed by atoms with Crippen LogP contribution in [0, 0.1) is 0 Å². The second-order valence-corrected chi connectivity index (χ2v) is 11.3. The molecular formula is C29H22F6N2O6S. The molecule has 4 aromatic rings. The van der Waals surface area contributed by atoms with E-state index >= 15 is 0 Å². The molecule has 0 aromatic heterocycles. The van der Waals surface area contributed by atoms with Gasteiger partial charge in [-0.15, -0.1) is 0 Å². The van der Waals surface area contributed by atoms with E-state index in [-0.39, 0.29) is 32.0 Å². The number of hydrogen-bond donors (Lipinski definition) is 2. The Kier molecular flexibility index (Phi) is 8.81. The van der Waals surface area contributed by atoms with Gasteiger partial charge in [-0.2, -0.15) is 26.3 Å². The molecule has 4 aromatic carbocycles. The predicted octanol–water partition coefficient (Wildman–Crippen LogP) is 6.25. The van der Waals surface area contributed by atoms with Crippen LogP contribution in [0.25, 0.3) is 10.8 Å². The average Bonchev–Trinajstić information content (AvgIpc) is 2.94. The zero-order chi connectivity index (χ0) is 32.4. The second-order valence-electron chi connectivity index (χ2n) is 9.45. The summed E-state index contributed by atoms with van der Waals surface area (Å²) in [6.07, 6.45) is -9.86. The van der Waals surface area contributed by atoms with Gasteiger partial charge in [0.25, 0.3) is 10.0 Å². The fourth-order valence-electron chi connectivity index (χ4n) is 4.76. The number of sulfonamides is 1. The molecular weight excluding hydrogens is 618 g/mol. The number of carbonyl (C=O) groups is 2. The van der Waals surface area contributed by atoms with Crippen molar-refractivity contribution in [1.82, 2.24) is 0 Å². The fourth-order valence-corrected chi connectivity index (χ4v) is 6.41. The Balaban J connectivity index is 1.92. The highest BCUT2D eigenvalue weighted by atomic mass is 32.2. The summed E-state index contributed by atoms with van der Waals surface area (Å²) >= 11 is 0. The molecule has 0 saturated carbocycles. The topological polar surface area (TPSA) is 115 Å². The van der Waals surface area contributed by atoms with Crippen molar-refractivity contribution >= 4 is 44.1 Å². The summed E-state index contributed by atoms with van der Waals surface area (Å²) < 4.78 is 110. The highest BCUT2D eigenvalue weighted by Crippen LogP contribution is 2.40. The largest absolute Gasteiger partial charge is 0.480 e. The van der Waals surface area contributed by atoms with Crippen LogP contribution in [0.3, 0.4) is 0 Å². The van der Waals surface area contributed by atoms with E-state index in [9.17, 15) is 54.6 Å². The molecule has 232 valence electrons. The molecule has 0 aliphatic heterocycles. The molecule has 44 heavy (non-hydrogen) atoms. The first-order valence-electron chi connectivity index (χ1n) is 12.6. The standard InChI is InChI=1S/C29H22F6N2O6S/c30-28(31,32)21-10-4-1-7-18(21)15-36(16-26(38)39)23-13-14-24(20-9-3-2-8-19(20)23)37(17-27(40)41)44(42,43)25-12-6-5-11-22(25)29(33,34)35/h1-14H,15-17H2,(H,38,39)(H,40,41). The Labute approximate surface area is 246 Å². The lowest BCUT2D eigenvalue weighted by molar-refractivity contribution is -0.140. The minimum atomic E-state index is -5.18. The molecule has 0 saturated heterocycles. The Morgan fingerprint density at radius 3 is 1.68 bits per heavy atom. The van der Waals surface area contributed by atoms with Crippen molar-refractivity contribution in [3.05, 3.63) is 102 Å². The Hall–Kier alpha value is -4.79. The Bertz CT molecular complexity index is 1830. The summed E-state index contributed by atoms with van der Waals surface area (Å²) in [5.74, 6) is -3.09. The molecule has 0 fully saturated rings. The minimum absolute atomic E-state index is 0.0150. The molecule has 0 unspecified atom stereocenters. The van der Waals surface area contributed by atoms with Gasteiger partial charge in [0.15, 0.2) is 0 Å². The highest BCUT2D eigenvalue weighted by Gasteiger charge is 2.40. The number of carboxylic acid groups (broad SMARTS) is 2. The quantitative estimate of drug-likeness (QED) is 0.197. The van der Waals surface area contributed by atoms with Gasteiger partial charge in [-0.25, -0.2) is 8.42 Å². The van der Waals surface area contributed by atoms with E-state index in [2.05, 4.69) is 0 Å². The number of alkyl halides is 6. The van der Waals surface area contributed by atoms with E-state index in [1.165, 1.54) is 48.5 Å². The van der Waals surface area contributed by atoms with E-state index in [0.29, 0.717) is 12.1 Å². The number of hydrogen-bond acceptors (Lipinski definition) is 5. The molecule has 2 N–H and O–H groups in total. The van der Waals surface area contributed by atoms with Crippen molar-refractivity contribution in [2.75, 3.05) is 22.3 Å². The monoisotopic (exact) mass is 640 g/mol. The maximum atomic E-state index is 13.8. The van der Waals surface area contributed by atoms with Crippen LogP contribution in [-0.4, -0.2) is 43.7 Å². The van der Waals surface area contributed by atoms with Gasteiger partial charge in [0.2, 0.25) is 0 Å². The van der Waals surface area contributed by atoms with Gasteiger partial charge in [-0.05, 0) is 35.9 Å². The molecule has 0 radical (unpaired) electrons. The summed E-state index contributed by atoms with van der Waals surface area (Å²) in [4.78, 5) is 23.5. The van der Waals surface area contributed by atoms with Crippen molar-refractivity contribution in [1.29, 1.82) is 0 Å². The predicted molar refractivity (Wildman–Crippen MR) is 148 cm³/mol. The molecule has 0 bridgehead atoms. The zero-order valence-corrected chi connectivity index (χ0v) is 23.1. The Morgan fingerprint density at radius 1 is 0.636 bits per heavy atom. The summed E-state index contributed by atoms with van der Waals surface area (Å²) in [5.41, 5.74) is -3.08. The lowest BCUT2D eigenvalue weighted by Gasteiger charge is -2.29. The van der Waals surface area contributed by atoms with Crippen molar-refractivity contribution in [3.63, 3.8) is 0 Å². The van der Waals surface area contributed by atoms with E-state index < -0.39 is 70.0 Å².